The van der Waals surface area contributed by atoms with Gasteiger partial charge < -0.3 is 10.1 Å². The van der Waals surface area contributed by atoms with E-state index in [0.717, 1.165) is 23.4 Å². The maximum absolute atomic E-state index is 12.5. The van der Waals surface area contributed by atoms with E-state index in [9.17, 15) is 9.59 Å². The van der Waals surface area contributed by atoms with Gasteiger partial charge >= 0.3 is 0 Å². The van der Waals surface area contributed by atoms with E-state index in [1.807, 2.05) is 53.1 Å². The first-order valence-electron chi connectivity index (χ1n) is 9.10. The molecule has 3 rings (SSSR count). The standard InChI is InChI=1S/C21H22N4O3S/c1-15(26)22-11-10-16-6-8-17(9-7-16)20(27)13-29-21-24-23-14-25(21)18-4-3-5-19(12-18)28-2/h3-9,12,14H,10-11,13H2,1-2H3,(H,22,26). The summed E-state index contributed by atoms with van der Waals surface area (Å²) in [6.07, 6.45) is 2.35. The smallest absolute Gasteiger partial charge is 0.216 e. The van der Waals surface area contributed by atoms with Crippen molar-refractivity contribution in [1.29, 1.82) is 0 Å². The summed E-state index contributed by atoms with van der Waals surface area (Å²) < 4.78 is 7.08. The number of methoxy groups -OCH3 is 1. The summed E-state index contributed by atoms with van der Waals surface area (Å²) in [6, 6.07) is 15.0. The third kappa shape index (κ3) is 5.68. The van der Waals surface area contributed by atoms with Crippen LogP contribution in [0.15, 0.2) is 60.0 Å². The minimum absolute atomic E-state index is 0.0172. The lowest BCUT2D eigenvalue weighted by atomic mass is 10.1. The van der Waals surface area contributed by atoms with Crippen molar-refractivity contribution in [2.75, 3.05) is 19.4 Å². The molecule has 2 aromatic carbocycles. The van der Waals surface area contributed by atoms with Crippen LogP contribution in [-0.2, 0) is 11.2 Å². The van der Waals surface area contributed by atoms with Gasteiger partial charge in [-0.3, -0.25) is 14.2 Å². The molecule has 1 amide bonds. The second-order valence-electron chi connectivity index (χ2n) is 6.33. The Morgan fingerprint density at radius 3 is 2.69 bits per heavy atom. The number of hydrogen-bond donors (Lipinski definition) is 1. The molecule has 1 N–H and O–H groups in total. The van der Waals surface area contributed by atoms with E-state index in [0.29, 0.717) is 17.3 Å². The normalized spacial score (nSPS) is 10.6. The molecular formula is C21H22N4O3S. The number of benzene rings is 2. The van der Waals surface area contributed by atoms with Crippen LogP contribution in [0.2, 0.25) is 0 Å². The van der Waals surface area contributed by atoms with E-state index in [1.165, 1.54) is 18.7 Å². The van der Waals surface area contributed by atoms with Crippen molar-refractivity contribution in [3.8, 4) is 11.4 Å². The Morgan fingerprint density at radius 1 is 1.17 bits per heavy atom. The Kier molecular flexibility index (Phi) is 7.02. The SMILES string of the molecule is COc1cccc(-n2cnnc2SCC(=O)c2ccc(CCNC(C)=O)cc2)c1. The Morgan fingerprint density at radius 2 is 1.97 bits per heavy atom. The molecule has 0 saturated carbocycles. The van der Waals surface area contributed by atoms with Gasteiger partial charge in [-0.05, 0) is 24.1 Å². The molecule has 0 bridgehead atoms. The zero-order valence-corrected chi connectivity index (χ0v) is 17.1. The average molecular weight is 410 g/mol. The summed E-state index contributed by atoms with van der Waals surface area (Å²) in [7, 11) is 1.62. The van der Waals surface area contributed by atoms with Gasteiger partial charge in [0.1, 0.15) is 12.1 Å². The minimum Gasteiger partial charge on any atom is -0.497 e. The van der Waals surface area contributed by atoms with E-state index in [4.69, 9.17) is 4.74 Å². The molecule has 8 heteroatoms. The van der Waals surface area contributed by atoms with Gasteiger partial charge in [0.25, 0.3) is 0 Å². The lowest BCUT2D eigenvalue weighted by molar-refractivity contribution is -0.118. The highest BCUT2D eigenvalue weighted by molar-refractivity contribution is 7.99. The summed E-state index contributed by atoms with van der Waals surface area (Å²) in [6.45, 7) is 2.08. The van der Waals surface area contributed by atoms with Crippen LogP contribution in [0.3, 0.4) is 0 Å². The predicted octanol–water partition coefficient (Wildman–Crippen LogP) is 2.93. The van der Waals surface area contributed by atoms with Gasteiger partial charge in [0.2, 0.25) is 5.91 Å². The molecule has 0 fully saturated rings. The fraction of sp³-hybridized carbons (Fsp3) is 0.238. The highest BCUT2D eigenvalue weighted by Gasteiger charge is 2.12. The zero-order chi connectivity index (χ0) is 20.6. The van der Waals surface area contributed by atoms with E-state index < -0.39 is 0 Å². The number of hydrogen-bond acceptors (Lipinski definition) is 6. The maximum Gasteiger partial charge on any atom is 0.216 e. The lowest BCUT2D eigenvalue weighted by Crippen LogP contribution is -2.22. The van der Waals surface area contributed by atoms with Crippen molar-refractivity contribution in [2.45, 2.75) is 18.5 Å². The van der Waals surface area contributed by atoms with Crippen LogP contribution in [0.4, 0.5) is 0 Å². The van der Waals surface area contributed by atoms with E-state index >= 15 is 0 Å². The summed E-state index contributed by atoms with van der Waals surface area (Å²) in [5, 5.41) is 11.5. The third-order valence-corrected chi connectivity index (χ3v) is 5.19. The van der Waals surface area contributed by atoms with Gasteiger partial charge in [0.05, 0.1) is 18.6 Å². The molecule has 0 spiro atoms. The fourth-order valence-electron chi connectivity index (χ4n) is 2.71. The van der Waals surface area contributed by atoms with Crippen molar-refractivity contribution in [1.82, 2.24) is 20.1 Å². The first kappa shape index (κ1) is 20.6. The molecular weight excluding hydrogens is 388 g/mol. The van der Waals surface area contributed by atoms with Gasteiger partial charge in [0, 0.05) is 25.1 Å². The van der Waals surface area contributed by atoms with Crippen LogP contribution < -0.4 is 10.1 Å². The van der Waals surface area contributed by atoms with Gasteiger partial charge in [-0.2, -0.15) is 0 Å². The number of nitrogens with zero attached hydrogens (tertiary/aromatic N) is 3. The largest absolute Gasteiger partial charge is 0.497 e. The molecule has 0 aliphatic carbocycles. The van der Waals surface area contributed by atoms with Crippen molar-refractivity contribution >= 4 is 23.5 Å². The van der Waals surface area contributed by atoms with Crippen LogP contribution in [0.1, 0.15) is 22.8 Å². The van der Waals surface area contributed by atoms with Gasteiger partial charge in [0.15, 0.2) is 10.9 Å². The molecule has 0 aliphatic heterocycles. The molecule has 0 aliphatic rings. The maximum atomic E-state index is 12.5. The monoisotopic (exact) mass is 410 g/mol. The molecule has 0 radical (unpaired) electrons. The van der Waals surface area contributed by atoms with Crippen molar-refractivity contribution in [2.24, 2.45) is 0 Å². The molecule has 0 atom stereocenters. The number of amides is 1. The zero-order valence-electron chi connectivity index (χ0n) is 16.3. The van der Waals surface area contributed by atoms with Crippen molar-refractivity contribution in [3.05, 3.63) is 66.0 Å². The summed E-state index contributed by atoms with van der Waals surface area (Å²) in [5.74, 6) is 0.967. The second-order valence-corrected chi connectivity index (χ2v) is 7.27. The number of carbonyl (C=O) groups is 2. The number of nitrogens with one attached hydrogen (secondary N) is 1. The quantitative estimate of drug-likeness (QED) is 0.431. The topological polar surface area (TPSA) is 86.1 Å². The Hall–Kier alpha value is -3.13. The number of carbonyl (C=O) groups excluding carboxylic acids is 2. The number of ether oxygens (including phenoxy) is 1. The van der Waals surface area contributed by atoms with Crippen molar-refractivity contribution < 1.29 is 14.3 Å². The molecule has 7 nitrogen and oxygen atoms in total. The van der Waals surface area contributed by atoms with Crippen LogP contribution in [0, 0.1) is 0 Å². The number of thioether (sulfide) groups is 1. The Balaban J connectivity index is 1.60. The van der Waals surface area contributed by atoms with E-state index in [1.54, 1.807) is 13.4 Å². The molecule has 1 heterocycles. The van der Waals surface area contributed by atoms with Crippen LogP contribution in [-0.4, -0.2) is 45.9 Å². The number of aromatic nitrogens is 3. The van der Waals surface area contributed by atoms with Crippen molar-refractivity contribution in [3.63, 3.8) is 0 Å². The Bertz CT molecular complexity index is 986. The lowest BCUT2D eigenvalue weighted by Gasteiger charge is -2.08. The first-order valence-corrected chi connectivity index (χ1v) is 10.1. The molecule has 150 valence electrons. The summed E-state index contributed by atoms with van der Waals surface area (Å²) in [4.78, 5) is 23.5. The van der Waals surface area contributed by atoms with Crippen LogP contribution in [0.5, 0.6) is 5.75 Å². The second kappa shape index (κ2) is 9.88. The first-order chi connectivity index (χ1) is 14.1. The summed E-state index contributed by atoms with van der Waals surface area (Å²) >= 11 is 1.34. The molecule has 0 unspecified atom stereocenters. The fourth-order valence-corrected chi connectivity index (χ4v) is 3.54. The van der Waals surface area contributed by atoms with Crippen LogP contribution in [0.25, 0.3) is 5.69 Å². The van der Waals surface area contributed by atoms with Gasteiger partial charge in [-0.1, -0.05) is 42.1 Å². The average Bonchev–Trinajstić information content (AvgIpc) is 3.21. The van der Waals surface area contributed by atoms with E-state index in [-0.39, 0.29) is 17.4 Å². The predicted molar refractivity (Wildman–Crippen MR) is 112 cm³/mol. The molecule has 0 saturated heterocycles. The minimum atomic E-state index is -0.0457. The highest BCUT2D eigenvalue weighted by Crippen LogP contribution is 2.23. The number of Topliss-reactive ketones (excluding diaryl/α,β-unsaturated/α-hetero) is 1. The molecule has 29 heavy (non-hydrogen) atoms. The van der Waals surface area contributed by atoms with E-state index in [2.05, 4.69) is 15.5 Å². The third-order valence-electron chi connectivity index (χ3n) is 4.24. The molecule has 3 aromatic rings. The highest BCUT2D eigenvalue weighted by atomic mass is 32.2. The van der Waals surface area contributed by atoms with Crippen LogP contribution >= 0.6 is 11.8 Å². The van der Waals surface area contributed by atoms with Gasteiger partial charge in [-0.15, -0.1) is 10.2 Å². The molecule has 1 aromatic heterocycles. The Labute approximate surface area is 173 Å². The number of rotatable bonds is 9. The number of ketones is 1. The van der Waals surface area contributed by atoms with Gasteiger partial charge in [-0.25, -0.2) is 0 Å². The summed E-state index contributed by atoms with van der Waals surface area (Å²) in [5.41, 5.74) is 2.58.